The van der Waals surface area contributed by atoms with E-state index in [1.807, 2.05) is 36.7 Å². The van der Waals surface area contributed by atoms with E-state index in [4.69, 9.17) is 10.5 Å². The summed E-state index contributed by atoms with van der Waals surface area (Å²) in [5, 5.41) is 0. The molecule has 0 aliphatic heterocycles. The molecule has 2 heterocycles. The van der Waals surface area contributed by atoms with Gasteiger partial charge in [-0.05, 0) is 19.9 Å². The number of aryl methyl sites for hydroxylation is 1. The minimum Gasteiger partial charge on any atom is -0.490 e. The second-order valence-corrected chi connectivity index (χ2v) is 5.06. The van der Waals surface area contributed by atoms with Crippen molar-refractivity contribution in [1.29, 1.82) is 0 Å². The molecule has 0 spiro atoms. The highest BCUT2D eigenvalue weighted by Crippen LogP contribution is 2.31. The van der Waals surface area contributed by atoms with E-state index >= 15 is 0 Å². The van der Waals surface area contributed by atoms with Gasteiger partial charge in [0.15, 0.2) is 5.75 Å². The Morgan fingerprint density at radius 1 is 1.18 bits per heavy atom. The zero-order chi connectivity index (χ0) is 15.4. The van der Waals surface area contributed by atoms with Gasteiger partial charge in [0.25, 0.3) is 0 Å². The van der Waals surface area contributed by atoms with Gasteiger partial charge in [0.1, 0.15) is 11.0 Å². The van der Waals surface area contributed by atoms with E-state index in [0.29, 0.717) is 13.2 Å². The minimum absolute atomic E-state index is 0.590. The quantitative estimate of drug-likeness (QED) is 0.710. The number of hydrogen-bond donors (Lipinski definition) is 1. The van der Waals surface area contributed by atoms with Crippen molar-refractivity contribution < 1.29 is 4.74 Å². The summed E-state index contributed by atoms with van der Waals surface area (Å²) in [4.78, 5) is 9.12. The number of nitrogens with two attached hydrogens (primary N) is 1. The number of aromatic nitrogens is 3. The van der Waals surface area contributed by atoms with Gasteiger partial charge in [-0.1, -0.05) is 30.3 Å². The largest absolute Gasteiger partial charge is 0.490 e. The summed E-state index contributed by atoms with van der Waals surface area (Å²) in [5.74, 6) is 0.766. The van der Waals surface area contributed by atoms with Crippen molar-refractivity contribution in [3.63, 3.8) is 0 Å². The van der Waals surface area contributed by atoms with Gasteiger partial charge in [-0.25, -0.2) is 9.97 Å². The van der Waals surface area contributed by atoms with Gasteiger partial charge in [-0.2, -0.15) is 0 Å². The fourth-order valence-corrected chi connectivity index (χ4v) is 2.48. The van der Waals surface area contributed by atoms with Crippen molar-refractivity contribution >= 4 is 11.0 Å². The molecular formula is C17H20N4O. The number of hydrogen-bond acceptors (Lipinski definition) is 4. The molecule has 3 rings (SSSR count). The fraction of sp³-hybridized carbons (Fsp3) is 0.294. The lowest BCUT2D eigenvalue weighted by Gasteiger charge is -2.10. The van der Waals surface area contributed by atoms with Crippen LogP contribution >= 0.6 is 0 Å². The molecule has 0 fully saturated rings. The molecule has 0 amide bonds. The van der Waals surface area contributed by atoms with Crippen LogP contribution in [0, 0.1) is 0 Å². The van der Waals surface area contributed by atoms with E-state index in [9.17, 15) is 0 Å². The van der Waals surface area contributed by atoms with Crippen LogP contribution in [-0.2, 0) is 6.54 Å². The first-order valence-corrected chi connectivity index (χ1v) is 7.57. The molecule has 2 N–H and O–H groups in total. The molecule has 0 aliphatic rings. The molecule has 3 aromatic rings. The smallest absolute Gasteiger partial charge is 0.163 e. The third kappa shape index (κ3) is 2.67. The highest BCUT2D eigenvalue weighted by molar-refractivity contribution is 5.93. The normalized spacial score (nSPS) is 11.0. The first kappa shape index (κ1) is 14.5. The average molecular weight is 296 g/mol. The molecule has 0 aliphatic carbocycles. The molecule has 0 bridgehead atoms. The van der Waals surface area contributed by atoms with E-state index in [0.717, 1.165) is 41.0 Å². The zero-order valence-corrected chi connectivity index (χ0v) is 12.7. The molecule has 0 atom stereocenters. The van der Waals surface area contributed by atoms with E-state index < -0.39 is 0 Å². The Balaban J connectivity index is 2.10. The van der Waals surface area contributed by atoms with Gasteiger partial charge in [-0.3, -0.25) is 0 Å². The maximum atomic E-state index is 5.85. The Labute approximate surface area is 129 Å². The van der Waals surface area contributed by atoms with Crippen molar-refractivity contribution in [1.82, 2.24) is 14.5 Å². The number of ether oxygens (including phenoxy) is 1. The van der Waals surface area contributed by atoms with Crippen LogP contribution in [0.4, 0.5) is 0 Å². The lowest BCUT2D eigenvalue weighted by molar-refractivity contribution is 0.314. The van der Waals surface area contributed by atoms with Crippen LogP contribution in [0.25, 0.3) is 22.3 Å². The number of rotatable bonds is 6. The standard InChI is InChI=1S/C17H20N4O/c1-2-21-12-20-16-15(13-7-4-3-5-8-13)19-11-14(17(16)21)22-10-6-9-18/h3-5,7-8,11-12H,2,6,9-10,18H2,1H3. The maximum absolute atomic E-state index is 5.85. The van der Waals surface area contributed by atoms with Crippen LogP contribution in [0.1, 0.15) is 13.3 Å². The van der Waals surface area contributed by atoms with Crippen molar-refractivity contribution in [2.75, 3.05) is 13.2 Å². The summed E-state index contributed by atoms with van der Waals surface area (Å²) >= 11 is 0. The summed E-state index contributed by atoms with van der Waals surface area (Å²) < 4.78 is 7.93. The lowest BCUT2D eigenvalue weighted by Crippen LogP contribution is -2.07. The Hall–Kier alpha value is -2.40. The van der Waals surface area contributed by atoms with Gasteiger partial charge >= 0.3 is 0 Å². The second kappa shape index (κ2) is 6.58. The summed E-state index contributed by atoms with van der Waals surface area (Å²) in [7, 11) is 0. The van der Waals surface area contributed by atoms with Crippen LogP contribution in [-0.4, -0.2) is 27.7 Å². The van der Waals surface area contributed by atoms with Gasteiger partial charge in [0, 0.05) is 12.1 Å². The topological polar surface area (TPSA) is 66.0 Å². The zero-order valence-electron chi connectivity index (χ0n) is 12.7. The van der Waals surface area contributed by atoms with E-state index in [2.05, 4.69) is 21.5 Å². The van der Waals surface area contributed by atoms with Crippen LogP contribution in [0.3, 0.4) is 0 Å². The van der Waals surface area contributed by atoms with E-state index in [-0.39, 0.29) is 0 Å². The number of nitrogens with zero attached hydrogens (tertiary/aromatic N) is 3. The Kier molecular flexibility index (Phi) is 4.34. The number of pyridine rings is 1. The van der Waals surface area contributed by atoms with Crippen molar-refractivity contribution in [3.8, 4) is 17.0 Å². The van der Waals surface area contributed by atoms with Crippen LogP contribution in [0.15, 0.2) is 42.9 Å². The summed E-state index contributed by atoms with van der Waals surface area (Å²) in [6.45, 7) is 4.13. The summed E-state index contributed by atoms with van der Waals surface area (Å²) in [6.07, 6.45) is 4.45. The van der Waals surface area contributed by atoms with Crippen molar-refractivity contribution in [2.45, 2.75) is 19.9 Å². The van der Waals surface area contributed by atoms with Crippen LogP contribution in [0.5, 0.6) is 5.75 Å². The highest BCUT2D eigenvalue weighted by atomic mass is 16.5. The Morgan fingerprint density at radius 3 is 2.73 bits per heavy atom. The van der Waals surface area contributed by atoms with Crippen LogP contribution in [0.2, 0.25) is 0 Å². The molecule has 0 saturated carbocycles. The highest BCUT2D eigenvalue weighted by Gasteiger charge is 2.15. The van der Waals surface area contributed by atoms with Crippen molar-refractivity contribution in [2.24, 2.45) is 5.73 Å². The van der Waals surface area contributed by atoms with E-state index in [1.165, 1.54) is 0 Å². The molecule has 5 heteroatoms. The van der Waals surface area contributed by atoms with Gasteiger partial charge in [0.2, 0.25) is 0 Å². The number of fused-ring (bicyclic) bond motifs is 1. The molecule has 22 heavy (non-hydrogen) atoms. The molecule has 1 aromatic carbocycles. The van der Waals surface area contributed by atoms with E-state index in [1.54, 1.807) is 6.20 Å². The summed E-state index contributed by atoms with van der Waals surface area (Å²) in [5.41, 5.74) is 9.34. The summed E-state index contributed by atoms with van der Waals surface area (Å²) in [6, 6.07) is 10.1. The van der Waals surface area contributed by atoms with Crippen LogP contribution < -0.4 is 10.5 Å². The van der Waals surface area contributed by atoms with Gasteiger partial charge < -0.3 is 15.0 Å². The van der Waals surface area contributed by atoms with Gasteiger partial charge in [-0.15, -0.1) is 0 Å². The average Bonchev–Trinajstić information content (AvgIpc) is 3.00. The SMILES string of the molecule is CCn1cnc2c(-c3ccccc3)ncc(OCCCN)c21. The first-order valence-electron chi connectivity index (χ1n) is 7.57. The lowest BCUT2D eigenvalue weighted by atomic mass is 10.1. The third-order valence-corrected chi connectivity index (χ3v) is 3.60. The molecule has 0 radical (unpaired) electrons. The number of benzene rings is 1. The van der Waals surface area contributed by atoms with Gasteiger partial charge in [0.05, 0.1) is 24.8 Å². The molecule has 5 nitrogen and oxygen atoms in total. The molecule has 114 valence electrons. The molecule has 0 saturated heterocycles. The predicted octanol–water partition coefficient (Wildman–Crippen LogP) is 2.85. The Morgan fingerprint density at radius 2 is 2.00 bits per heavy atom. The minimum atomic E-state index is 0.590. The Bertz CT molecular complexity index is 752. The monoisotopic (exact) mass is 296 g/mol. The predicted molar refractivity (Wildman–Crippen MR) is 87.8 cm³/mol. The fourth-order valence-electron chi connectivity index (χ4n) is 2.48. The number of imidazole rings is 1. The maximum Gasteiger partial charge on any atom is 0.163 e. The third-order valence-electron chi connectivity index (χ3n) is 3.60. The molecule has 2 aromatic heterocycles. The first-order chi connectivity index (χ1) is 10.8. The molecule has 0 unspecified atom stereocenters. The van der Waals surface area contributed by atoms with Crippen molar-refractivity contribution in [3.05, 3.63) is 42.9 Å². The second-order valence-electron chi connectivity index (χ2n) is 5.06. The molecular weight excluding hydrogens is 276 g/mol.